The predicted molar refractivity (Wildman–Crippen MR) is 96.3 cm³/mol. The second-order valence-electron chi connectivity index (χ2n) is 6.05. The Morgan fingerprint density at radius 1 is 1.19 bits per heavy atom. The summed E-state index contributed by atoms with van der Waals surface area (Å²) in [5.74, 6) is 2.12. The summed E-state index contributed by atoms with van der Waals surface area (Å²) in [6.07, 6.45) is 3.44. The zero-order valence-electron chi connectivity index (χ0n) is 14.8. The first-order valence-electron chi connectivity index (χ1n) is 8.60. The third kappa shape index (κ3) is 5.33. The number of amides is 1. The third-order valence-electron chi connectivity index (χ3n) is 4.14. The fourth-order valence-corrected chi connectivity index (χ4v) is 2.78. The molecule has 0 spiro atoms. The molecule has 1 aromatic heterocycles. The molecule has 1 amide bonds. The first kappa shape index (κ1) is 19.0. The normalized spacial score (nSPS) is 12.9. The van der Waals surface area contributed by atoms with E-state index in [0.29, 0.717) is 18.8 Å². The Morgan fingerprint density at radius 3 is 2.85 bits per heavy atom. The van der Waals surface area contributed by atoms with Crippen molar-refractivity contribution in [1.29, 1.82) is 0 Å². The third-order valence-corrected chi connectivity index (χ3v) is 4.14. The quantitative estimate of drug-likeness (QED) is 0.348. The van der Waals surface area contributed by atoms with Gasteiger partial charge in [0, 0.05) is 19.2 Å². The molecule has 1 aliphatic rings. The number of hydroxylamine groups is 1. The molecule has 1 aromatic carbocycles. The highest BCUT2D eigenvalue weighted by Crippen LogP contribution is 2.32. The van der Waals surface area contributed by atoms with E-state index in [2.05, 4.69) is 4.90 Å². The summed E-state index contributed by atoms with van der Waals surface area (Å²) in [5.41, 5.74) is 2.64. The molecule has 0 aliphatic carbocycles. The van der Waals surface area contributed by atoms with Crippen molar-refractivity contribution in [2.24, 2.45) is 0 Å². The van der Waals surface area contributed by atoms with Crippen molar-refractivity contribution in [2.75, 3.05) is 26.5 Å². The predicted octanol–water partition coefficient (Wildman–Crippen LogP) is 1.56. The SMILES string of the molecule is O=C(/C=C/c1ccc(CN(CCO)CCc2ccc3c(c2)OCO3)o1)NO. The molecule has 8 nitrogen and oxygen atoms in total. The van der Waals surface area contributed by atoms with Crippen LogP contribution in [0.5, 0.6) is 11.5 Å². The summed E-state index contributed by atoms with van der Waals surface area (Å²) in [5, 5.41) is 17.8. The van der Waals surface area contributed by atoms with Gasteiger partial charge in [-0.25, -0.2) is 5.48 Å². The number of nitrogens with one attached hydrogen (secondary N) is 1. The molecule has 8 heteroatoms. The van der Waals surface area contributed by atoms with Crippen molar-refractivity contribution in [2.45, 2.75) is 13.0 Å². The summed E-state index contributed by atoms with van der Waals surface area (Å²) >= 11 is 0. The number of carbonyl (C=O) groups is 1. The number of benzene rings is 1. The number of nitrogens with zero attached hydrogens (tertiary/aromatic N) is 1. The molecule has 144 valence electrons. The largest absolute Gasteiger partial charge is 0.460 e. The lowest BCUT2D eigenvalue weighted by Crippen LogP contribution is -2.28. The zero-order valence-corrected chi connectivity index (χ0v) is 14.8. The fraction of sp³-hybridized carbons (Fsp3) is 0.316. The van der Waals surface area contributed by atoms with Gasteiger partial charge in [0.15, 0.2) is 11.5 Å². The molecule has 2 heterocycles. The van der Waals surface area contributed by atoms with Crippen LogP contribution < -0.4 is 15.0 Å². The van der Waals surface area contributed by atoms with Crippen LogP contribution in [0.25, 0.3) is 6.08 Å². The maximum atomic E-state index is 11.0. The lowest BCUT2D eigenvalue weighted by atomic mass is 10.1. The monoisotopic (exact) mass is 374 g/mol. The Morgan fingerprint density at radius 2 is 2.04 bits per heavy atom. The summed E-state index contributed by atoms with van der Waals surface area (Å²) in [7, 11) is 0. The molecule has 0 radical (unpaired) electrons. The zero-order chi connectivity index (χ0) is 19.1. The molecule has 0 unspecified atom stereocenters. The van der Waals surface area contributed by atoms with E-state index in [-0.39, 0.29) is 13.4 Å². The van der Waals surface area contributed by atoms with Crippen LogP contribution >= 0.6 is 0 Å². The fourth-order valence-electron chi connectivity index (χ4n) is 2.78. The van der Waals surface area contributed by atoms with Crippen LogP contribution in [0.2, 0.25) is 0 Å². The van der Waals surface area contributed by atoms with Crippen LogP contribution in [0.4, 0.5) is 0 Å². The van der Waals surface area contributed by atoms with E-state index >= 15 is 0 Å². The van der Waals surface area contributed by atoms with Crippen molar-refractivity contribution >= 4 is 12.0 Å². The van der Waals surface area contributed by atoms with Gasteiger partial charge in [0.1, 0.15) is 11.5 Å². The van der Waals surface area contributed by atoms with E-state index in [9.17, 15) is 9.90 Å². The van der Waals surface area contributed by atoms with Gasteiger partial charge in [-0.3, -0.25) is 14.9 Å². The lowest BCUT2D eigenvalue weighted by Gasteiger charge is -2.20. The van der Waals surface area contributed by atoms with Gasteiger partial charge in [0.25, 0.3) is 5.91 Å². The number of hydrogen-bond acceptors (Lipinski definition) is 7. The molecule has 0 bridgehead atoms. The summed E-state index contributed by atoms with van der Waals surface area (Å²) in [4.78, 5) is 13.1. The maximum absolute atomic E-state index is 11.0. The first-order chi connectivity index (χ1) is 13.2. The van der Waals surface area contributed by atoms with E-state index in [1.807, 2.05) is 24.3 Å². The highest BCUT2D eigenvalue weighted by atomic mass is 16.7. The van der Waals surface area contributed by atoms with E-state index in [1.165, 1.54) is 17.6 Å². The number of fused-ring (bicyclic) bond motifs is 1. The lowest BCUT2D eigenvalue weighted by molar-refractivity contribution is -0.124. The molecule has 0 saturated heterocycles. The molecule has 0 saturated carbocycles. The van der Waals surface area contributed by atoms with Gasteiger partial charge in [-0.2, -0.15) is 0 Å². The van der Waals surface area contributed by atoms with Crippen LogP contribution in [0.1, 0.15) is 17.1 Å². The topological polar surface area (TPSA) is 104 Å². The number of aliphatic hydroxyl groups is 1. The highest BCUT2D eigenvalue weighted by molar-refractivity contribution is 5.90. The molecule has 3 rings (SSSR count). The Bertz CT molecular complexity index is 801. The Kier molecular flexibility index (Phi) is 6.48. The molecule has 27 heavy (non-hydrogen) atoms. The highest BCUT2D eigenvalue weighted by Gasteiger charge is 2.14. The first-order valence-corrected chi connectivity index (χ1v) is 8.60. The van der Waals surface area contributed by atoms with E-state index < -0.39 is 5.91 Å². The maximum Gasteiger partial charge on any atom is 0.267 e. The van der Waals surface area contributed by atoms with Crippen LogP contribution in [0, 0.1) is 0 Å². The second-order valence-corrected chi connectivity index (χ2v) is 6.05. The smallest absolute Gasteiger partial charge is 0.267 e. The van der Waals surface area contributed by atoms with Crippen molar-refractivity contribution in [3.05, 3.63) is 53.5 Å². The average molecular weight is 374 g/mol. The molecular weight excluding hydrogens is 352 g/mol. The summed E-state index contributed by atoms with van der Waals surface area (Å²) in [6.45, 7) is 2.09. The minimum atomic E-state index is -0.626. The van der Waals surface area contributed by atoms with Gasteiger partial charge in [-0.1, -0.05) is 6.07 Å². The average Bonchev–Trinajstić information content (AvgIpc) is 3.33. The number of rotatable bonds is 9. The van der Waals surface area contributed by atoms with E-state index in [4.69, 9.17) is 19.1 Å². The van der Waals surface area contributed by atoms with Gasteiger partial charge in [0.05, 0.1) is 13.2 Å². The van der Waals surface area contributed by atoms with Crippen molar-refractivity contribution in [3.8, 4) is 11.5 Å². The van der Waals surface area contributed by atoms with Crippen molar-refractivity contribution in [3.63, 3.8) is 0 Å². The second kappa shape index (κ2) is 9.22. The number of hydrogen-bond donors (Lipinski definition) is 3. The summed E-state index contributed by atoms with van der Waals surface area (Å²) < 4.78 is 16.4. The Hall–Kier alpha value is -2.81. The number of carbonyl (C=O) groups excluding carboxylic acids is 1. The van der Waals surface area contributed by atoms with Crippen molar-refractivity contribution < 1.29 is 29.0 Å². The van der Waals surface area contributed by atoms with Crippen LogP contribution in [-0.4, -0.2) is 47.6 Å². The van der Waals surface area contributed by atoms with Gasteiger partial charge in [-0.05, 0) is 42.3 Å². The van der Waals surface area contributed by atoms with Crippen molar-refractivity contribution in [1.82, 2.24) is 10.4 Å². The Labute approximate surface area is 156 Å². The van der Waals surface area contributed by atoms with Crippen LogP contribution in [-0.2, 0) is 17.8 Å². The van der Waals surface area contributed by atoms with Gasteiger partial charge in [0.2, 0.25) is 6.79 Å². The number of aliphatic hydroxyl groups excluding tert-OH is 1. The van der Waals surface area contributed by atoms with Gasteiger partial charge in [-0.15, -0.1) is 0 Å². The van der Waals surface area contributed by atoms with Gasteiger partial charge < -0.3 is 19.0 Å². The molecule has 0 atom stereocenters. The Balaban J connectivity index is 1.56. The minimum Gasteiger partial charge on any atom is -0.460 e. The molecule has 3 N–H and O–H groups in total. The van der Waals surface area contributed by atoms with Gasteiger partial charge >= 0.3 is 0 Å². The molecule has 2 aromatic rings. The van der Waals surface area contributed by atoms with Crippen LogP contribution in [0.3, 0.4) is 0 Å². The number of ether oxygens (including phenoxy) is 2. The molecule has 1 aliphatic heterocycles. The van der Waals surface area contributed by atoms with Crippen LogP contribution in [0.15, 0.2) is 40.8 Å². The summed E-state index contributed by atoms with van der Waals surface area (Å²) in [6, 6.07) is 9.45. The van der Waals surface area contributed by atoms with E-state index in [1.54, 1.807) is 6.07 Å². The standard InChI is InChI=1S/C19H22N2O6/c22-10-9-21(8-7-14-1-5-17-18(11-14)26-13-25-17)12-16-3-2-15(27-16)4-6-19(23)20-24/h1-6,11,22,24H,7-10,12-13H2,(H,20,23)/b6-4+. The minimum absolute atomic E-state index is 0.0469. The van der Waals surface area contributed by atoms with E-state index in [0.717, 1.165) is 35.8 Å². The molecular formula is C19H22N2O6. The number of furan rings is 1. The molecule has 0 fully saturated rings.